The van der Waals surface area contributed by atoms with E-state index >= 15 is 0 Å². The van der Waals surface area contributed by atoms with E-state index in [1.165, 1.54) is 18.7 Å². The third-order valence-corrected chi connectivity index (χ3v) is 5.37. The van der Waals surface area contributed by atoms with Crippen molar-refractivity contribution in [2.45, 2.75) is 38.2 Å². The van der Waals surface area contributed by atoms with Gasteiger partial charge in [0.15, 0.2) is 11.6 Å². The molecule has 0 saturated heterocycles. The maximum Gasteiger partial charge on any atom is 0.277 e. The molecule has 0 saturated carbocycles. The molecule has 3 rings (SSSR count). The molecule has 140 valence electrons. The number of hydrogen-bond acceptors (Lipinski definition) is 6. The van der Waals surface area contributed by atoms with Gasteiger partial charge in [0, 0.05) is 21.8 Å². The highest BCUT2D eigenvalue weighted by atomic mass is 35.5. The molecule has 0 aliphatic carbocycles. The van der Waals surface area contributed by atoms with Crippen LogP contribution in [0.2, 0.25) is 5.02 Å². The number of ketones is 2. The van der Waals surface area contributed by atoms with Crippen LogP contribution in [0.1, 0.15) is 46.0 Å². The Morgan fingerprint density at radius 3 is 2.44 bits per heavy atom. The predicted octanol–water partition coefficient (Wildman–Crippen LogP) is 4.90. The van der Waals surface area contributed by atoms with Crippen LogP contribution in [0.3, 0.4) is 0 Å². The van der Waals surface area contributed by atoms with E-state index in [9.17, 15) is 9.59 Å². The van der Waals surface area contributed by atoms with Gasteiger partial charge in [-0.1, -0.05) is 23.4 Å². The Morgan fingerprint density at radius 2 is 1.85 bits per heavy atom. The van der Waals surface area contributed by atoms with Gasteiger partial charge in [-0.05, 0) is 57.5 Å². The highest BCUT2D eigenvalue weighted by molar-refractivity contribution is 8.00. The summed E-state index contributed by atoms with van der Waals surface area (Å²) in [7, 11) is 0. The Balaban J connectivity index is 1.77. The molecule has 0 fully saturated rings. The highest BCUT2D eigenvalue weighted by Crippen LogP contribution is 2.29. The van der Waals surface area contributed by atoms with E-state index in [0.29, 0.717) is 38.7 Å². The zero-order valence-electron chi connectivity index (χ0n) is 15.3. The number of hydrogen-bond donors (Lipinski definition) is 1. The van der Waals surface area contributed by atoms with Gasteiger partial charge in [0.1, 0.15) is 0 Å². The molecular formula is C19H18ClN3O3S. The summed E-state index contributed by atoms with van der Waals surface area (Å²) in [5.74, 6) is 0.170. The molecule has 1 aromatic carbocycles. The molecule has 27 heavy (non-hydrogen) atoms. The normalized spacial score (nSPS) is 12.2. The van der Waals surface area contributed by atoms with Crippen LogP contribution in [0, 0.1) is 13.8 Å². The van der Waals surface area contributed by atoms with Crippen LogP contribution in [0.15, 0.2) is 33.9 Å². The lowest BCUT2D eigenvalue weighted by molar-refractivity contribution is 0.0988. The van der Waals surface area contributed by atoms with Gasteiger partial charge in [0.05, 0.1) is 10.9 Å². The molecule has 0 spiro atoms. The molecular weight excluding hydrogens is 386 g/mol. The summed E-state index contributed by atoms with van der Waals surface area (Å²) < 4.78 is 5.64. The topological polar surface area (TPSA) is 88.9 Å². The zero-order chi connectivity index (χ0) is 19.7. The lowest BCUT2D eigenvalue weighted by atomic mass is 10.0. The number of halogens is 1. The van der Waals surface area contributed by atoms with Gasteiger partial charge in [-0.25, -0.2) is 0 Å². The van der Waals surface area contributed by atoms with Crippen molar-refractivity contribution in [2.75, 3.05) is 0 Å². The Hall–Kier alpha value is -2.38. The van der Waals surface area contributed by atoms with Crippen LogP contribution in [-0.2, 0) is 0 Å². The van der Waals surface area contributed by atoms with Crippen LogP contribution in [0.4, 0.5) is 0 Å². The first kappa shape index (κ1) is 19.4. The number of aromatic nitrogens is 3. The van der Waals surface area contributed by atoms with E-state index in [-0.39, 0.29) is 11.6 Å². The largest absolute Gasteiger partial charge is 0.411 e. The van der Waals surface area contributed by atoms with Crippen LogP contribution in [-0.4, -0.2) is 32.0 Å². The summed E-state index contributed by atoms with van der Waals surface area (Å²) in [5, 5.41) is 8.48. The third-order valence-electron chi connectivity index (χ3n) is 4.18. The Kier molecular flexibility index (Phi) is 5.53. The summed E-state index contributed by atoms with van der Waals surface area (Å²) >= 11 is 7.06. The van der Waals surface area contributed by atoms with Crippen molar-refractivity contribution in [3.05, 3.63) is 51.8 Å². The maximum atomic E-state index is 12.8. The first-order valence-corrected chi connectivity index (χ1v) is 9.54. The first-order chi connectivity index (χ1) is 12.8. The fraction of sp³-hybridized carbons (Fsp3) is 0.263. The molecule has 2 aromatic heterocycles. The molecule has 3 aromatic rings. The number of carbonyl (C=O) groups excluding carboxylic acids is 2. The van der Waals surface area contributed by atoms with Crippen molar-refractivity contribution < 1.29 is 14.0 Å². The van der Waals surface area contributed by atoms with Crippen LogP contribution in [0.5, 0.6) is 0 Å². The minimum absolute atomic E-state index is 0.0647. The average molecular weight is 404 g/mol. The van der Waals surface area contributed by atoms with Crippen molar-refractivity contribution in [1.82, 2.24) is 15.2 Å². The lowest BCUT2D eigenvalue weighted by Crippen LogP contribution is -2.15. The standard InChI is InChI=1S/C19H18ClN3O3S/c1-9-15(11(3)24)10(2)21-16(9)17(25)12(4)27-19-23-22-18(26-19)13-5-7-14(20)8-6-13/h5-8,12,21H,1-4H3/t12-/m0/s1. The molecule has 0 unspecified atom stereocenters. The number of carbonyl (C=O) groups is 2. The van der Waals surface area contributed by atoms with Gasteiger partial charge < -0.3 is 9.40 Å². The minimum atomic E-state index is -0.458. The van der Waals surface area contributed by atoms with Gasteiger partial charge >= 0.3 is 0 Å². The number of nitrogens with zero attached hydrogens (tertiary/aromatic N) is 2. The lowest BCUT2D eigenvalue weighted by Gasteiger charge is -2.07. The van der Waals surface area contributed by atoms with Crippen molar-refractivity contribution in [2.24, 2.45) is 0 Å². The number of aromatic amines is 1. The fourth-order valence-corrected chi connectivity index (χ4v) is 3.77. The molecule has 2 heterocycles. The number of aryl methyl sites for hydroxylation is 1. The summed E-state index contributed by atoms with van der Waals surface area (Å²) in [6, 6.07) is 7.05. The van der Waals surface area contributed by atoms with Crippen LogP contribution in [0.25, 0.3) is 11.5 Å². The van der Waals surface area contributed by atoms with E-state index in [1.54, 1.807) is 45.0 Å². The fourth-order valence-electron chi connectivity index (χ4n) is 2.90. The van der Waals surface area contributed by atoms with Gasteiger partial charge in [-0.15, -0.1) is 10.2 Å². The molecule has 1 N–H and O–H groups in total. The summed E-state index contributed by atoms with van der Waals surface area (Å²) in [4.78, 5) is 27.6. The number of nitrogens with one attached hydrogen (secondary N) is 1. The van der Waals surface area contributed by atoms with Crippen molar-refractivity contribution in [1.29, 1.82) is 0 Å². The van der Waals surface area contributed by atoms with E-state index in [1.807, 2.05) is 0 Å². The molecule has 0 amide bonds. The average Bonchev–Trinajstić information content (AvgIpc) is 3.19. The van der Waals surface area contributed by atoms with Gasteiger partial charge in [-0.3, -0.25) is 9.59 Å². The zero-order valence-corrected chi connectivity index (χ0v) is 16.9. The van der Waals surface area contributed by atoms with Crippen molar-refractivity contribution in [3.63, 3.8) is 0 Å². The van der Waals surface area contributed by atoms with Gasteiger partial charge in [-0.2, -0.15) is 0 Å². The molecule has 0 radical (unpaired) electrons. The maximum absolute atomic E-state index is 12.8. The second-order valence-corrected chi connectivity index (χ2v) is 7.91. The number of H-pyrrole nitrogens is 1. The monoisotopic (exact) mass is 403 g/mol. The van der Waals surface area contributed by atoms with Crippen LogP contribution < -0.4 is 0 Å². The predicted molar refractivity (Wildman–Crippen MR) is 105 cm³/mol. The van der Waals surface area contributed by atoms with Crippen molar-refractivity contribution >= 4 is 34.9 Å². The Bertz CT molecular complexity index is 1010. The second-order valence-electron chi connectivity index (χ2n) is 6.19. The molecule has 8 heteroatoms. The van der Waals surface area contributed by atoms with E-state index in [0.717, 1.165) is 5.56 Å². The summed E-state index contributed by atoms with van der Waals surface area (Å²) in [6.07, 6.45) is 0. The number of Topliss-reactive ketones (excluding diaryl/α,β-unsaturated/α-hetero) is 2. The SMILES string of the molecule is CC(=O)c1c(C)[nH]c(C(=O)[C@H](C)Sc2nnc(-c3ccc(Cl)cc3)o2)c1C. The minimum Gasteiger partial charge on any atom is -0.411 e. The number of benzene rings is 1. The summed E-state index contributed by atoms with van der Waals surface area (Å²) in [5.41, 5.74) is 3.13. The van der Waals surface area contributed by atoms with Gasteiger partial charge in [0.25, 0.3) is 5.22 Å². The molecule has 0 aliphatic rings. The van der Waals surface area contributed by atoms with E-state index < -0.39 is 5.25 Å². The Labute approximate surface area is 165 Å². The highest BCUT2D eigenvalue weighted by Gasteiger charge is 2.25. The molecule has 6 nitrogen and oxygen atoms in total. The number of thioether (sulfide) groups is 1. The Morgan fingerprint density at radius 1 is 1.19 bits per heavy atom. The molecule has 0 aliphatic heterocycles. The molecule has 1 atom stereocenters. The number of rotatable bonds is 6. The van der Waals surface area contributed by atoms with Crippen molar-refractivity contribution in [3.8, 4) is 11.5 Å². The van der Waals surface area contributed by atoms with E-state index in [4.69, 9.17) is 16.0 Å². The summed E-state index contributed by atoms with van der Waals surface area (Å²) in [6.45, 7) is 6.82. The van der Waals surface area contributed by atoms with Gasteiger partial charge in [0.2, 0.25) is 5.89 Å². The quantitative estimate of drug-likeness (QED) is 0.465. The smallest absolute Gasteiger partial charge is 0.277 e. The van der Waals surface area contributed by atoms with Crippen LogP contribution >= 0.6 is 23.4 Å². The second kappa shape index (κ2) is 7.70. The van der Waals surface area contributed by atoms with E-state index in [2.05, 4.69) is 15.2 Å². The first-order valence-electron chi connectivity index (χ1n) is 8.28. The molecule has 0 bridgehead atoms. The third kappa shape index (κ3) is 3.99.